The van der Waals surface area contributed by atoms with Gasteiger partial charge in [-0.25, -0.2) is 4.98 Å². The first-order valence-electron chi connectivity index (χ1n) is 7.47. The fourth-order valence-corrected chi connectivity index (χ4v) is 3.30. The minimum absolute atomic E-state index is 0.0571. The van der Waals surface area contributed by atoms with Crippen molar-refractivity contribution < 1.29 is 9.15 Å². The molecule has 0 N–H and O–H groups in total. The quantitative estimate of drug-likeness (QED) is 0.726. The Bertz CT molecular complexity index is 865. The molecule has 0 amide bonds. The molecule has 6 heteroatoms. The van der Waals surface area contributed by atoms with Crippen molar-refractivity contribution in [3.05, 3.63) is 24.4 Å². The molecule has 0 radical (unpaired) electrons. The van der Waals surface area contributed by atoms with E-state index in [-0.39, 0.29) is 12.1 Å². The average Bonchev–Trinajstić information content (AvgIpc) is 3.11. The van der Waals surface area contributed by atoms with Crippen LogP contribution in [0.1, 0.15) is 31.1 Å². The van der Waals surface area contributed by atoms with Crippen molar-refractivity contribution in [2.24, 2.45) is 0 Å². The molecule has 0 spiro atoms. The number of rotatable bonds is 2. The Morgan fingerprint density at radius 3 is 3.09 bits per heavy atom. The molecule has 4 rings (SSSR count). The van der Waals surface area contributed by atoms with Gasteiger partial charge in [0.05, 0.1) is 43.7 Å². The van der Waals surface area contributed by atoms with E-state index in [1.54, 1.807) is 12.5 Å². The second-order valence-corrected chi connectivity index (χ2v) is 5.70. The number of ether oxygens (including phenoxy) is 1. The highest BCUT2D eigenvalue weighted by Crippen LogP contribution is 2.32. The van der Waals surface area contributed by atoms with Gasteiger partial charge in [0, 0.05) is 6.07 Å². The number of nitrogens with zero attached hydrogens (tertiary/aromatic N) is 4. The van der Waals surface area contributed by atoms with Crippen LogP contribution in [0.4, 0.5) is 0 Å². The van der Waals surface area contributed by atoms with Gasteiger partial charge in [-0.3, -0.25) is 4.98 Å². The molecule has 2 atom stereocenters. The highest BCUT2D eigenvalue weighted by atomic mass is 16.5. The van der Waals surface area contributed by atoms with E-state index in [4.69, 9.17) is 14.4 Å². The number of fused-ring (bicyclic) bond motifs is 3. The summed E-state index contributed by atoms with van der Waals surface area (Å²) in [6, 6.07) is 4.26. The van der Waals surface area contributed by atoms with Crippen LogP contribution in [0.15, 0.2) is 22.9 Å². The third kappa shape index (κ3) is 1.97. The summed E-state index contributed by atoms with van der Waals surface area (Å²) in [6.07, 6.45) is 5.83. The first-order valence-corrected chi connectivity index (χ1v) is 7.47. The Morgan fingerprint density at radius 2 is 2.32 bits per heavy atom. The standard InChI is InChI=1S/C16H16N4O2/c1-10-19-14-8-18-13-5-7-21-16(13)15(14)20(10)11-2-3-12(4-6-17)22-9-11/h5,7-8,11-12H,2-4,9H2,1H3/t11-,12+/m0/s1. The number of aryl methyl sites for hydroxylation is 1. The number of imidazole rings is 1. The lowest BCUT2D eigenvalue weighted by Crippen LogP contribution is -2.28. The summed E-state index contributed by atoms with van der Waals surface area (Å²) in [5, 5.41) is 8.78. The zero-order valence-electron chi connectivity index (χ0n) is 12.3. The molecular formula is C16H16N4O2. The first-order chi connectivity index (χ1) is 10.8. The van der Waals surface area contributed by atoms with Crippen LogP contribution in [0.3, 0.4) is 0 Å². The molecule has 4 heterocycles. The van der Waals surface area contributed by atoms with Crippen LogP contribution < -0.4 is 0 Å². The Morgan fingerprint density at radius 1 is 1.41 bits per heavy atom. The van der Waals surface area contributed by atoms with Gasteiger partial charge in [0.1, 0.15) is 22.4 Å². The van der Waals surface area contributed by atoms with E-state index in [0.717, 1.165) is 40.8 Å². The number of nitriles is 1. The lowest BCUT2D eigenvalue weighted by molar-refractivity contribution is -0.00807. The maximum Gasteiger partial charge on any atom is 0.178 e. The average molecular weight is 296 g/mol. The van der Waals surface area contributed by atoms with Gasteiger partial charge in [-0.1, -0.05) is 0 Å². The van der Waals surface area contributed by atoms with Crippen LogP contribution in [0.5, 0.6) is 0 Å². The van der Waals surface area contributed by atoms with Gasteiger partial charge in [0.15, 0.2) is 5.58 Å². The maximum atomic E-state index is 8.78. The summed E-state index contributed by atoms with van der Waals surface area (Å²) in [4.78, 5) is 8.97. The summed E-state index contributed by atoms with van der Waals surface area (Å²) in [5.74, 6) is 0.938. The lowest BCUT2D eigenvalue weighted by atomic mass is 10.0. The summed E-state index contributed by atoms with van der Waals surface area (Å²) in [5.41, 5.74) is 3.45. The van der Waals surface area contributed by atoms with Crippen molar-refractivity contribution >= 4 is 22.1 Å². The van der Waals surface area contributed by atoms with E-state index in [0.29, 0.717) is 13.0 Å². The van der Waals surface area contributed by atoms with Gasteiger partial charge < -0.3 is 13.7 Å². The van der Waals surface area contributed by atoms with E-state index < -0.39 is 0 Å². The SMILES string of the molecule is Cc1nc2cnc3ccoc3c2n1[C@H]1CC[C@H](CC#N)OC1. The van der Waals surface area contributed by atoms with Crippen molar-refractivity contribution in [1.82, 2.24) is 14.5 Å². The Balaban J connectivity index is 1.77. The maximum absolute atomic E-state index is 8.78. The Kier molecular flexibility index (Phi) is 3.09. The van der Waals surface area contributed by atoms with Crippen LogP contribution in [-0.4, -0.2) is 27.2 Å². The number of aromatic nitrogens is 3. The first kappa shape index (κ1) is 13.3. The van der Waals surface area contributed by atoms with Crippen molar-refractivity contribution in [3.63, 3.8) is 0 Å². The molecule has 0 bridgehead atoms. The van der Waals surface area contributed by atoms with E-state index in [1.165, 1.54) is 0 Å². The van der Waals surface area contributed by atoms with Gasteiger partial charge in [-0.15, -0.1) is 0 Å². The largest absolute Gasteiger partial charge is 0.460 e. The fourth-order valence-electron chi connectivity index (χ4n) is 3.30. The summed E-state index contributed by atoms with van der Waals surface area (Å²) in [7, 11) is 0. The molecule has 22 heavy (non-hydrogen) atoms. The molecule has 0 unspecified atom stereocenters. The van der Waals surface area contributed by atoms with Crippen molar-refractivity contribution in [3.8, 4) is 6.07 Å². The molecular weight excluding hydrogens is 280 g/mol. The summed E-state index contributed by atoms with van der Waals surface area (Å²) in [6.45, 7) is 2.60. The van der Waals surface area contributed by atoms with E-state index in [2.05, 4.69) is 20.6 Å². The van der Waals surface area contributed by atoms with Crippen LogP contribution in [0.25, 0.3) is 22.1 Å². The van der Waals surface area contributed by atoms with E-state index in [9.17, 15) is 0 Å². The molecule has 1 fully saturated rings. The molecule has 1 saturated heterocycles. The van der Waals surface area contributed by atoms with Crippen LogP contribution in [0, 0.1) is 18.3 Å². The second kappa shape index (κ2) is 5.11. The Hall–Kier alpha value is -2.39. The monoisotopic (exact) mass is 296 g/mol. The van der Waals surface area contributed by atoms with Crippen molar-refractivity contribution in [1.29, 1.82) is 5.26 Å². The summed E-state index contributed by atoms with van der Waals surface area (Å²) >= 11 is 0. The predicted molar refractivity (Wildman–Crippen MR) is 80.3 cm³/mol. The van der Waals surface area contributed by atoms with Crippen LogP contribution in [-0.2, 0) is 4.74 Å². The molecule has 0 aromatic carbocycles. The normalized spacial score (nSPS) is 22.2. The van der Waals surface area contributed by atoms with Gasteiger partial charge in [-0.2, -0.15) is 5.26 Å². The van der Waals surface area contributed by atoms with E-state index in [1.807, 2.05) is 13.0 Å². The fraction of sp³-hybridized carbons (Fsp3) is 0.438. The number of hydrogen-bond acceptors (Lipinski definition) is 5. The predicted octanol–water partition coefficient (Wildman–Crippen LogP) is 3.12. The molecule has 1 aliphatic rings. The number of furan rings is 1. The molecule has 1 aliphatic heterocycles. The highest BCUT2D eigenvalue weighted by Gasteiger charge is 2.26. The second-order valence-electron chi connectivity index (χ2n) is 5.70. The molecule has 112 valence electrons. The highest BCUT2D eigenvalue weighted by molar-refractivity contribution is 5.98. The van der Waals surface area contributed by atoms with Crippen LogP contribution >= 0.6 is 0 Å². The number of hydrogen-bond donors (Lipinski definition) is 0. The third-order valence-corrected chi connectivity index (χ3v) is 4.33. The number of pyridine rings is 1. The molecule has 0 aliphatic carbocycles. The van der Waals surface area contributed by atoms with Gasteiger partial charge in [0.25, 0.3) is 0 Å². The summed E-state index contributed by atoms with van der Waals surface area (Å²) < 4.78 is 13.7. The molecule has 3 aromatic rings. The minimum atomic E-state index is 0.0571. The minimum Gasteiger partial charge on any atom is -0.460 e. The van der Waals surface area contributed by atoms with Crippen molar-refractivity contribution in [2.75, 3.05) is 6.61 Å². The topological polar surface area (TPSA) is 76.9 Å². The van der Waals surface area contributed by atoms with E-state index >= 15 is 0 Å². The van der Waals surface area contributed by atoms with Gasteiger partial charge in [-0.05, 0) is 19.8 Å². The zero-order chi connectivity index (χ0) is 15.1. The molecule has 6 nitrogen and oxygen atoms in total. The third-order valence-electron chi connectivity index (χ3n) is 4.33. The zero-order valence-corrected chi connectivity index (χ0v) is 12.3. The lowest BCUT2D eigenvalue weighted by Gasteiger charge is -2.29. The van der Waals surface area contributed by atoms with Crippen molar-refractivity contribution in [2.45, 2.75) is 38.3 Å². The Labute approximate surface area is 127 Å². The molecule has 3 aromatic heterocycles. The molecule has 0 saturated carbocycles. The smallest absolute Gasteiger partial charge is 0.178 e. The van der Waals surface area contributed by atoms with Gasteiger partial charge >= 0.3 is 0 Å². The van der Waals surface area contributed by atoms with Crippen LogP contribution in [0.2, 0.25) is 0 Å². The van der Waals surface area contributed by atoms with Gasteiger partial charge in [0.2, 0.25) is 0 Å².